The van der Waals surface area contributed by atoms with Crippen LogP contribution >= 0.6 is 11.6 Å². The van der Waals surface area contributed by atoms with Crippen LogP contribution in [0.3, 0.4) is 0 Å². The van der Waals surface area contributed by atoms with Gasteiger partial charge in [0.05, 0.1) is 0 Å². The topological polar surface area (TPSA) is 29.5 Å². The Kier molecular flexibility index (Phi) is 5.12. The third-order valence-corrected chi connectivity index (χ3v) is 5.06. The van der Waals surface area contributed by atoms with Gasteiger partial charge >= 0.3 is 0 Å². The van der Waals surface area contributed by atoms with Crippen LogP contribution in [0.5, 0.6) is 5.75 Å². The minimum atomic E-state index is 0.0522. The van der Waals surface area contributed by atoms with E-state index < -0.39 is 0 Å². The summed E-state index contributed by atoms with van der Waals surface area (Å²) in [5.74, 6) is 0.854. The molecule has 136 valence electrons. The van der Waals surface area contributed by atoms with Crippen molar-refractivity contribution in [2.24, 2.45) is 0 Å². The number of hydrogen-bond donors (Lipinski definition) is 0. The van der Waals surface area contributed by atoms with E-state index in [0.29, 0.717) is 24.7 Å². The van der Waals surface area contributed by atoms with Gasteiger partial charge in [-0.2, -0.15) is 0 Å². The molecule has 0 N–H and O–H groups in total. The van der Waals surface area contributed by atoms with Crippen LogP contribution in [-0.2, 0) is 19.6 Å². The monoisotopic (exact) mass is 377 g/mol. The first-order valence-electron chi connectivity index (χ1n) is 9.03. The van der Waals surface area contributed by atoms with Crippen LogP contribution < -0.4 is 4.74 Å². The normalized spacial score (nSPS) is 13.4. The Bertz CT molecular complexity index is 938. The highest BCUT2D eigenvalue weighted by Crippen LogP contribution is 2.29. The number of nitrogens with zero attached hydrogens (tertiary/aromatic N) is 1. The fraction of sp³-hybridized carbons (Fsp3) is 0.174. The molecule has 1 heterocycles. The van der Waals surface area contributed by atoms with Gasteiger partial charge in [0, 0.05) is 29.2 Å². The molecule has 1 aliphatic rings. The van der Waals surface area contributed by atoms with Crippen molar-refractivity contribution in [1.29, 1.82) is 0 Å². The number of benzene rings is 3. The quantitative estimate of drug-likeness (QED) is 0.617. The zero-order chi connectivity index (χ0) is 18.6. The summed E-state index contributed by atoms with van der Waals surface area (Å²) in [4.78, 5) is 14.8. The summed E-state index contributed by atoms with van der Waals surface area (Å²) in [6.45, 7) is 1.77. The molecule has 1 aliphatic heterocycles. The van der Waals surface area contributed by atoms with E-state index in [1.807, 2.05) is 77.7 Å². The zero-order valence-electron chi connectivity index (χ0n) is 14.9. The Hall–Kier alpha value is -2.78. The van der Waals surface area contributed by atoms with Gasteiger partial charge in [-0.25, -0.2) is 0 Å². The molecule has 27 heavy (non-hydrogen) atoms. The minimum Gasteiger partial charge on any atom is -0.489 e. The second-order valence-corrected chi connectivity index (χ2v) is 7.10. The van der Waals surface area contributed by atoms with Crippen LogP contribution in [0, 0.1) is 0 Å². The molecule has 0 saturated carbocycles. The van der Waals surface area contributed by atoms with Crippen LogP contribution in [0.25, 0.3) is 0 Å². The molecule has 3 nitrogen and oxygen atoms in total. The van der Waals surface area contributed by atoms with Crippen molar-refractivity contribution in [3.05, 3.63) is 100 Å². The fourth-order valence-corrected chi connectivity index (χ4v) is 3.50. The summed E-state index contributed by atoms with van der Waals surface area (Å²) in [5, 5.41) is 0.703. The average Bonchev–Trinajstić information content (AvgIpc) is 2.71. The Morgan fingerprint density at radius 2 is 1.67 bits per heavy atom. The smallest absolute Gasteiger partial charge is 0.254 e. The van der Waals surface area contributed by atoms with Gasteiger partial charge in [0.1, 0.15) is 12.4 Å². The number of halogens is 1. The van der Waals surface area contributed by atoms with Crippen LogP contribution in [0.2, 0.25) is 5.02 Å². The lowest BCUT2D eigenvalue weighted by atomic mass is 9.97. The lowest BCUT2D eigenvalue weighted by Crippen LogP contribution is -2.37. The molecular formula is C23H20ClNO2. The van der Waals surface area contributed by atoms with Crippen LogP contribution in [0.4, 0.5) is 0 Å². The first-order chi connectivity index (χ1) is 13.2. The van der Waals surface area contributed by atoms with Gasteiger partial charge in [-0.15, -0.1) is 0 Å². The maximum Gasteiger partial charge on any atom is 0.254 e. The third-order valence-electron chi connectivity index (χ3n) is 4.81. The molecule has 0 radical (unpaired) electrons. The Labute approximate surface area is 164 Å². The average molecular weight is 378 g/mol. The van der Waals surface area contributed by atoms with Crippen LogP contribution in [0.15, 0.2) is 72.8 Å². The van der Waals surface area contributed by atoms with Crippen molar-refractivity contribution in [3.8, 4) is 5.75 Å². The maximum atomic E-state index is 13.0. The molecule has 3 aromatic rings. The molecule has 0 bridgehead atoms. The number of carbonyl (C=O) groups is 1. The van der Waals surface area contributed by atoms with Gasteiger partial charge in [0.2, 0.25) is 0 Å². The van der Waals surface area contributed by atoms with Gasteiger partial charge in [-0.3, -0.25) is 4.79 Å². The largest absolute Gasteiger partial charge is 0.489 e. The molecular weight excluding hydrogens is 358 g/mol. The number of carbonyl (C=O) groups excluding carboxylic acids is 1. The van der Waals surface area contributed by atoms with Gasteiger partial charge < -0.3 is 9.64 Å². The minimum absolute atomic E-state index is 0.0522. The molecule has 0 spiro atoms. The second-order valence-electron chi connectivity index (χ2n) is 6.66. The van der Waals surface area contributed by atoms with Crippen molar-refractivity contribution >= 4 is 17.5 Å². The summed E-state index contributed by atoms with van der Waals surface area (Å²) < 4.78 is 6.02. The van der Waals surface area contributed by atoms with Crippen molar-refractivity contribution in [1.82, 2.24) is 4.90 Å². The first kappa shape index (κ1) is 17.6. The summed E-state index contributed by atoms with van der Waals surface area (Å²) in [5.41, 5.74) is 3.93. The lowest BCUT2D eigenvalue weighted by Gasteiger charge is -2.29. The summed E-state index contributed by atoms with van der Waals surface area (Å²) >= 11 is 5.95. The van der Waals surface area contributed by atoms with E-state index in [-0.39, 0.29) is 5.91 Å². The predicted molar refractivity (Wildman–Crippen MR) is 107 cm³/mol. The van der Waals surface area contributed by atoms with E-state index in [9.17, 15) is 4.79 Å². The Morgan fingerprint density at radius 1 is 0.889 bits per heavy atom. The van der Waals surface area contributed by atoms with E-state index in [2.05, 4.69) is 0 Å². The molecule has 0 atom stereocenters. The number of ether oxygens (including phenoxy) is 1. The highest BCUT2D eigenvalue weighted by Gasteiger charge is 2.26. The van der Waals surface area contributed by atoms with E-state index in [0.717, 1.165) is 34.4 Å². The summed E-state index contributed by atoms with van der Waals surface area (Å²) in [6, 6.07) is 23.4. The first-order valence-corrected chi connectivity index (χ1v) is 9.41. The second kappa shape index (κ2) is 7.85. The van der Waals surface area contributed by atoms with Crippen LogP contribution in [0.1, 0.15) is 27.0 Å². The number of amides is 1. The van der Waals surface area contributed by atoms with Gasteiger partial charge in [-0.1, -0.05) is 60.1 Å². The number of hydrogen-bond acceptors (Lipinski definition) is 2. The van der Waals surface area contributed by atoms with Crippen molar-refractivity contribution < 1.29 is 9.53 Å². The Balaban J connectivity index is 1.50. The SMILES string of the molecule is O=C1c2cccc(OCc3ccccc3)c2CCN1Cc1ccc(Cl)cc1. The molecule has 0 aromatic heterocycles. The standard InChI is InChI=1S/C23H20ClNO2/c24-19-11-9-17(10-12-19)15-25-14-13-20-21(23(25)26)7-4-8-22(20)27-16-18-5-2-1-3-6-18/h1-12H,13-16H2. The Morgan fingerprint density at radius 3 is 2.44 bits per heavy atom. The van der Waals surface area contributed by atoms with E-state index in [1.165, 1.54) is 0 Å². The summed E-state index contributed by atoms with van der Waals surface area (Å²) in [7, 11) is 0. The fourth-order valence-electron chi connectivity index (χ4n) is 3.37. The van der Waals surface area contributed by atoms with Crippen molar-refractivity contribution in [2.75, 3.05) is 6.54 Å². The molecule has 0 fully saturated rings. The highest BCUT2D eigenvalue weighted by atomic mass is 35.5. The van der Waals surface area contributed by atoms with Crippen LogP contribution in [-0.4, -0.2) is 17.4 Å². The zero-order valence-corrected chi connectivity index (χ0v) is 15.7. The predicted octanol–water partition coefficient (Wildman–Crippen LogP) is 5.12. The molecule has 4 rings (SSSR count). The van der Waals surface area contributed by atoms with Gasteiger partial charge in [0.25, 0.3) is 5.91 Å². The molecule has 4 heteroatoms. The molecule has 0 aliphatic carbocycles. The molecule has 0 saturated heterocycles. The van der Waals surface area contributed by atoms with E-state index >= 15 is 0 Å². The van der Waals surface area contributed by atoms with Crippen molar-refractivity contribution in [2.45, 2.75) is 19.6 Å². The highest BCUT2D eigenvalue weighted by molar-refractivity contribution is 6.30. The molecule has 1 amide bonds. The molecule has 3 aromatic carbocycles. The van der Waals surface area contributed by atoms with Gasteiger partial charge in [0.15, 0.2) is 0 Å². The molecule has 0 unspecified atom stereocenters. The third kappa shape index (κ3) is 3.99. The van der Waals surface area contributed by atoms with E-state index in [4.69, 9.17) is 16.3 Å². The van der Waals surface area contributed by atoms with Crippen molar-refractivity contribution in [3.63, 3.8) is 0 Å². The summed E-state index contributed by atoms with van der Waals surface area (Å²) in [6.07, 6.45) is 0.791. The van der Waals surface area contributed by atoms with E-state index in [1.54, 1.807) is 0 Å². The number of fused-ring (bicyclic) bond motifs is 1. The van der Waals surface area contributed by atoms with Gasteiger partial charge in [-0.05, 0) is 41.8 Å². The lowest BCUT2D eigenvalue weighted by molar-refractivity contribution is 0.0725. The maximum absolute atomic E-state index is 13.0. The number of rotatable bonds is 5.